The van der Waals surface area contributed by atoms with Crippen molar-refractivity contribution in [3.05, 3.63) is 81.5 Å². The molecule has 1 fully saturated rings. The van der Waals surface area contributed by atoms with Gasteiger partial charge in [0.2, 0.25) is 0 Å². The number of hydrogen-bond acceptors (Lipinski definition) is 6. The Kier molecular flexibility index (Phi) is 11.8. The Morgan fingerprint density at radius 3 is 2.20 bits per heavy atom. The predicted octanol–water partition coefficient (Wildman–Crippen LogP) is 6.82. The van der Waals surface area contributed by atoms with Crippen LogP contribution in [0.3, 0.4) is 0 Å². The number of nitrogens with two attached hydrogens (primary N) is 1. The van der Waals surface area contributed by atoms with Crippen molar-refractivity contribution in [3.8, 4) is 5.75 Å². The number of aromatic nitrogens is 1. The summed E-state index contributed by atoms with van der Waals surface area (Å²) in [6.45, 7) is 3.72. The number of pyridine rings is 1. The zero-order valence-electron chi connectivity index (χ0n) is 21.8. The van der Waals surface area contributed by atoms with Crippen LogP contribution in [-0.4, -0.2) is 28.7 Å². The molecule has 2 aromatic carbocycles. The van der Waals surface area contributed by atoms with Crippen LogP contribution in [0.2, 0.25) is 10.0 Å². The number of ether oxygens (including phenoxy) is 1. The predicted molar refractivity (Wildman–Crippen MR) is 163 cm³/mol. The fourth-order valence-electron chi connectivity index (χ4n) is 4.06. The van der Waals surface area contributed by atoms with Gasteiger partial charge in [-0.25, -0.2) is 4.98 Å². The number of nitrogens with zero attached hydrogens (tertiary/aromatic N) is 1. The molecule has 1 aliphatic rings. The van der Waals surface area contributed by atoms with Crippen molar-refractivity contribution >= 4 is 77.1 Å². The van der Waals surface area contributed by atoms with Gasteiger partial charge < -0.3 is 21.1 Å². The molecular formula is C28H30Cl4N4O4. The highest BCUT2D eigenvalue weighted by molar-refractivity contribution is 6.31. The summed E-state index contributed by atoms with van der Waals surface area (Å²) in [5.41, 5.74) is 7.10. The average molecular weight is 628 g/mol. The number of amides is 2. The van der Waals surface area contributed by atoms with Gasteiger partial charge in [-0.15, -0.1) is 24.8 Å². The maximum atomic E-state index is 13.5. The largest absolute Gasteiger partial charge is 0.490 e. The molecule has 40 heavy (non-hydrogen) atoms. The van der Waals surface area contributed by atoms with E-state index >= 15 is 0 Å². The first-order valence-corrected chi connectivity index (χ1v) is 12.9. The molecule has 0 aliphatic heterocycles. The highest BCUT2D eigenvalue weighted by atomic mass is 35.5. The monoisotopic (exact) mass is 626 g/mol. The molecule has 12 heteroatoms. The van der Waals surface area contributed by atoms with Crippen LogP contribution in [0.4, 0.5) is 11.5 Å². The molecule has 1 heterocycles. The third kappa shape index (κ3) is 8.56. The van der Waals surface area contributed by atoms with Crippen molar-refractivity contribution in [2.75, 3.05) is 10.6 Å². The maximum Gasteiger partial charge on any atom is 0.259 e. The van der Waals surface area contributed by atoms with Gasteiger partial charge in [0.05, 0.1) is 27.9 Å². The van der Waals surface area contributed by atoms with E-state index in [1.807, 2.05) is 13.8 Å². The quantitative estimate of drug-likeness (QED) is 0.264. The molecule has 0 unspecified atom stereocenters. The molecule has 1 aromatic heterocycles. The number of halogens is 4. The lowest BCUT2D eigenvalue weighted by Gasteiger charge is -2.26. The minimum absolute atomic E-state index is 0. The number of carbonyl (C=O) groups is 3. The second-order valence-electron chi connectivity index (χ2n) is 9.75. The molecule has 4 N–H and O–H groups in total. The fraction of sp³-hybridized carbons (Fsp3) is 0.286. The number of Topliss-reactive ketones (excluding diaryl/α,β-unsaturated/α-hetero) is 1. The van der Waals surface area contributed by atoms with Crippen LogP contribution in [0.1, 0.15) is 65.8 Å². The highest BCUT2D eigenvalue weighted by Crippen LogP contribution is 2.31. The Morgan fingerprint density at radius 2 is 1.57 bits per heavy atom. The van der Waals surface area contributed by atoms with Crippen LogP contribution in [-0.2, 0) is 10.3 Å². The summed E-state index contributed by atoms with van der Waals surface area (Å²) < 4.78 is 6.23. The lowest BCUT2D eigenvalue weighted by atomic mass is 9.93. The molecule has 4 rings (SSSR count). The van der Waals surface area contributed by atoms with Crippen molar-refractivity contribution in [2.24, 2.45) is 5.73 Å². The Bertz CT molecular complexity index is 1370. The van der Waals surface area contributed by atoms with Crippen LogP contribution in [0.15, 0.2) is 54.7 Å². The van der Waals surface area contributed by atoms with Gasteiger partial charge in [-0.2, -0.15) is 0 Å². The molecule has 1 aliphatic carbocycles. The van der Waals surface area contributed by atoms with E-state index in [1.165, 1.54) is 12.3 Å². The van der Waals surface area contributed by atoms with Gasteiger partial charge in [0.1, 0.15) is 17.4 Å². The number of ketones is 1. The lowest BCUT2D eigenvalue weighted by molar-refractivity contribution is -0.121. The normalized spacial score (nSPS) is 13.5. The van der Waals surface area contributed by atoms with E-state index in [2.05, 4.69) is 15.6 Å². The van der Waals surface area contributed by atoms with Crippen LogP contribution in [0.5, 0.6) is 5.75 Å². The summed E-state index contributed by atoms with van der Waals surface area (Å²) in [6.07, 6.45) is 3.26. The highest BCUT2D eigenvalue weighted by Gasteiger charge is 2.25. The average Bonchev–Trinajstić information content (AvgIpc) is 2.87. The number of benzene rings is 2. The van der Waals surface area contributed by atoms with Gasteiger partial charge in [-0.1, -0.05) is 29.3 Å². The third-order valence-corrected chi connectivity index (χ3v) is 6.66. The van der Waals surface area contributed by atoms with E-state index in [0.29, 0.717) is 47.3 Å². The minimum Gasteiger partial charge on any atom is -0.490 e. The summed E-state index contributed by atoms with van der Waals surface area (Å²) >= 11 is 12.0. The van der Waals surface area contributed by atoms with Gasteiger partial charge >= 0.3 is 0 Å². The van der Waals surface area contributed by atoms with Gasteiger partial charge in [0.15, 0.2) is 0 Å². The molecule has 214 valence electrons. The van der Waals surface area contributed by atoms with Gasteiger partial charge in [-0.05, 0) is 74.7 Å². The zero-order chi connectivity index (χ0) is 27.4. The van der Waals surface area contributed by atoms with Gasteiger partial charge in [-0.3, -0.25) is 14.4 Å². The second-order valence-corrected chi connectivity index (χ2v) is 10.6. The first-order valence-electron chi connectivity index (χ1n) is 12.1. The van der Waals surface area contributed by atoms with E-state index < -0.39 is 17.4 Å². The molecule has 8 nitrogen and oxygen atoms in total. The van der Waals surface area contributed by atoms with E-state index in [0.717, 1.165) is 5.56 Å². The van der Waals surface area contributed by atoms with Crippen LogP contribution in [0.25, 0.3) is 0 Å². The SMILES string of the molecule is CC(C)(N)c1ccc(C(=O)Nc2ccc(Cl)cc2C(=O)Nc2ccc(Cl)cn2)c(OC2CCC(=O)CC2)c1.Cl.Cl. The minimum atomic E-state index is -0.660. The molecule has 3 aromatic rings. The van der Waals surface area contributed by atoms with E-state index in [9.17, 15) is 14.4 Å². The maximum absolute atomic E-state index is 13.5. The summed E-state index contributed by atoms with van der Waals surface area (Å²) in [5.74, 6) is -0.126. The van der Waals surface area contributed by atoms with Crippen molar-refractivity contribution in [1.29, 1.82) is 0 Å². The molecule has 0 bridgehead atoms. The van der Waals surface area contributed by atoms with E-state index in [4.69, 9.17) is 33.7 Å². The van der Waals surface area contributed by atoms with E-state index in [-0.39, 0.29) is 53.5 Å². The second kappa shape index (κ2) is 14.1. The van der Waals surface area contributed by atoms with Crippen molar-refractivity contribution in [2.45, 2.75) is 51.2 Å². The summed E-state index contributed by atoms with van der Waals surface area (Å²) in [7, 11) is 0. The molecule has 0 spiro atoms. The molecular weight excluding hydrogens is 598 g/mol. The van der Waals surface area contributed by atoms with Crippen molar-refractivity contribution in [3.63, 3.8) is 0 Å². The van der Waals surface area contributed by atoms with Crippen LogP contribution in [0, 0.1) is 0 Å². The number of nitrogens with one attached hydrogen (secondary N) is 2. The number of rotatable bonds is 7. The fourth-order valence-corrected chi connectivity index (χ4v) is 4.34. The first-order chi connectivity index (χ1) is 18.0. The number of anilines is 2. The molecule has 0 saturated heterocycles. The van der Waals surface area contributed by atoms with Gasteiger partial charge in [0.25, 0.3) is 11.8 Å². The molecule has 0 atom stereocenters. The molecule has 1 saturated carbocycles. The van der Waals surface area contributed by atoms with Crippen LogP contribution < -0.4 is 21.1 Å². The topological polar surface area (TPSA) is 123 Å². The van der Waals surface area contributed by atoms with Crippen molar-refractivity contribution in [1.82, 2.24) is 4.98 Å². The molecule has 0 radical (unpaired) electrons. The smallest absolute Gasteiger partial charge is 0.259 e. The number of carbonyl (C=O) groups excluding carboxylic acids is 3. The Hall–Kier alpha value is -2.88. The molecule has 2 amide bonds. The van der Waals surface area contributed by atoms with Crippen molar-refractivity contribution < 1.29 is 19.1 Å². The zero-order valence-corrected chi connectivity index (χ0v) is 25.0. The van der Waals surface area contributed by atoms with E-state index in [1.54, 1.807) is 42.5 Å². The number of hydrogen-bond donors (Lipinski definition) is 3. The Labute approximate surface area is 255 Å². The summed E-state index contributed by atoms with van der Waals surface area (Å²) in [4.78, 5) is 42.3. The first kappa shape index (κ1) is 33.3. The summed E-state index contributed by atoms with van der Waals surface area (Å²) in [5, 5.41) is 6.23. The lowest BCUT2D eigenvalue weighted by Crippen LogP contribution is -2.30. The standard InChI is InChI=1S/C28H28Cl2N4O4.2ClH/c1-28(2,31)16-3-10-21(24(13-16)38-20-8-6-19(35)7-9-20)26(36)33-23-11-4-17(29)14-22(23)27(37)34-25-12-5-18(30)15-32-25;;/h3-5,10-15,20H,6-9,31H2,1-2H3,(H,33,36)(H,32,34,37);2*1H. The van der Waals surface area contributed by atoms with Gasteiger partial charge in [0, 0.05) is 29.6 Å². The summed E-state index contributed by atoms with van der Waals surface area (Å²) in [6, 6.07) is 12.9. The Balaban J connectivity index is 0.00000280. The van der Waals surface area contributed by atoms with Crippen LogP contribution >= 0.6 is 48.0 Å². The Morgan fingerprint density at radius 1 is 0.925 bits per heavy atom. The third-order valence-electron chi connectivity index (χ3n) is 6.20.